The third-order valence-corrected chi connectivity index (χ3v) is 3.32. The second-order valence-corrected chi connectivity index (χ2v) is 4.72. The minimum atomic E-state index is 0.246. The van der Waals surface area contributed by atoms with Gasteiger partial charge in [-0.05, 0) is 25.8 Å². The van der Waals surface area contributed by atoms with Crippen LogP contribution < -0.4 is 16.0 Å². The molecule has 0 aromatic heterocycles. The van der Waals surface area contributed by atoms with Crippen molar-refractivity contribution < 1.29 is 4.74 Å². The number of hydrazine groups is 1. The van der Waals surface area contributed by atoms with Gasteiger partial charge in [0.25, 0.3) is 0 Å². The first-order valence-corrected chi connectivity index (χ1v) is 6.04. The van der Waals surface area contributed by atoms with Gasteiger partial charge in [-0.2, -0.15) is 0 Å². The Morgan fingerprint density at radius 2 is 2.35 bits per heavy atom. The van der Waals surface area contributed by atoms with Crippen LogP contribution in [-0.2, 0) is 0 Å². The predicted octanol–water partition coefficient (Wildman–Crippen LogP) is 2.35. The van der Waals surface area contributed by atoms with Crippen LogP contribution in [0.4, 0.5) is 0 Å². The van der Waals surface area contributed by atoms with Crippen molar-refractivity contribution in [1.82, 2.24) is 5.43 Å². The monoisotopic (exact) mass is 232 g/mol. The lowest BCUT2D eigenvalue weighted by Crippen LogP contribution is -2.40. The average molecular weight is 232 g/mol. The van der Waals surface area contributed by atoms with Crippen LogP contribution in [0.5, 0.6) is 5.75 Å². The lowest BCUT2D eigenvalue weighted by atomic mass is 9.90. The number of benzene rings is 1. The number of ether oxygens (including phenoxy) is 1. The van der Waals surface area contributed by atoms with Crippen molar-refractivity contribution in [2.45, 2.75) is 31.7 Å². The summed E-state index contributed by atoms with van der Waals surface area (Å²) in [6, 6.07) is 8.43. The lowest BCUT2D eigenvalue weighted by Gasteiger charge is -2.21. The van der Waals surface area contributed by atoms with Crippen molar-refractivity contribution in [1.29, 1.82) is 0 Å². The van der Waals surface area contributed by atoms with E-state index in [1.165, 1.54) is 11.1 Å². The highest BCUT2D eigenvalue weighted by atomic mass is 16.5. The molecule has 0 radical (unpaired) electrons. The second-order valence-electron chi connectivity index (χ2n) is 4.72. The normalized spacial score (nSPS) is 19.5. The van der Waals surface area contributed by atoms with E-state index < -0.39 is 0 Å². The van der Waals surface area contributed by atoms with Crippen molar-refractivity contribution in [3.8, 4) is 5.75 Å². The van der Waals surface area contributed by atoms with Gasteiger partial charge in [-0.25, -0.2) is 0 Å². The largest absolute Gasteiger partial charge is 0.493 e. The minimum Gasteiger partial charge on any atom is -0.493 e. The maximum absolute atomic E-state index is 5.68. The fourth-order valence-electron chi connectivity index (χ4n) is 2.32. The molecule has 2 unspecified atom stereocenters. The van der Waals surface area contributed by atoms with E-state index in [-0.39, 0.29) is 6.04 Å². The first-order chi connectivity index (χ1) is 8.22. The summed E-state index contributed by atoms with van der Waals surface area (Å²) < 4.78 is 5.68. The molecule has 3 nitrogen and oxygen atoms in total. The summed E-state index contributed by atoms with van der Waals surface area (Å²) in [6.07, 6.45) is 1.99. The second kappa shape index (κ2) is 5.34. The van der Waals surface area contributed by atoms with Crippen LogP contribution in [0.3, 0.4) is 0 Å². The van der Waals surface area contributed by atoms with Crippen LogP contribution in [0.15, 0.2) is 36.4 Å². The molecule has 1 aliphatic rings. The van der Waals surface area contributed by atoms with Gasteiger partial charge in [0.2, 0.25) is 0 Å². The van der Waals surface area contributed by atoms with Gasteiger partial charge < -0.3 is 4.74 Å². The Kier molecular flexibility index (Phi) is 3.82. The van der Waals surface area contributed by atoms with E-state index in [9.17, 15) is 0 Å². The van der Waals surface area contributed by atoms with Crippen molar-refractivity contribution in [3.05, 3.63) is 42.0 Å². The zero-order valence-corrected chi connectivity index (χ0v) is 10.3. The molecule has 0 amide bonds. The fraction of sp³-hybridized carbons (Fsp3) is 0.429. The molecular weight excluding hydrogens is 212 g/mol. The first-order valence-electron chi connectivity index (χ1n) is 6.04. The maximum Gasteiger partial charge on any atom is 0.122 e. The standard InChI is InChI=1S/C14H20N2O/c1-10(2)7-8-13(16-15)12-9-17-14-6-4-3-5-11(12)14/h3-6,12-13,16H,1,7-9,15H2,2H3. The summed E-state index contributed by atoms with van der Waals surface area (Å²) in [7, 11) is 0. The molecule has 2 rings (SSSR count). The Hall–Kier alpha value is -1.32. The van der Waals surface area contributed by atoms with Crippen LogP contribution in [0.1, 0.15) is 31.2 Å². The summed E-state index contributed by atoms with van der Waals surface area (Å²) in [6.45, 7) is 6.69. The molecule has 3 heteroatoms. The summed E-state index contributed by atoms with van der Waals surface area (Å²) in [5.41, 5.74) is 5.37. The van der Waals surface area contributed by atoms with E-state index in [0.29, 0.717) is 12.5 Å². The highest BCUT2D eigenvalue weighted by molar-refractivity contribution is 5.40. The molecule has 0 spiro atoms. The Labute approximate surface area is 103 Å². The van der Waals surface area contributed by atoms with Gasteiger partial charge in [0.05, 0.1) is 6.61 Å². The average Bonchev–Trinajstić information content (AvgIpc) is 2.74. The van der Waals surface area contributed by atoms with Crippen LogP contribution in [0.25, 0.3) is 0 Å². The molecule has 3 N–H and O–H groups in total. The van der Waals surface area contributed by atoms with Crippen LogP contribution >= 0.6 is 0 Å². The molecule has 0 bridgehead atoms. The van der Waals surface area contributed by atoms with E-state index in [1.807, 2.05) is 25.1 Å². The summed E-state index contributed by atoms with van der Waals surface area (Å²) in [4.78, 5) is 0. The van der Waals surface area contributed by atoms with E-state index in [1.54, 1.807) is 0 Å². The molecule has 1 aliphatic heterocycles. The van der Waals surface area contributed by atoms with E-state index in [4.69, 9.17) is 10.6 Å². The number of allylic oxidation sites excluding steroid dienone is 1. The van der Waals surface area contributed by atoms with Gasteiger partial charge in [0.15, 0.2) is 0 Å². The number of rotatable bonds is 5. The third-order valence-electron chi connectivity index (χ3n) is 3.32. The van der Waals surface area contributed by atoms with Crippen molar-refractivity contribution >= 4 is 0 Å². The van der Waals surface area contributed by atoms with Gasteiger partial charge in [-0.1, -0.05) is 23.8 Å². The molecule has 1 aromatic rings. The van der Waals surface area contributed by atoms with Crippen molar-refractivity contribution in [3.63, 3.8) is 0 Å². The molecule has 0 aliphatic carbocycles. The molecule has 0 fully saturated rings. The zero-order valence-electron chi connectivity index (χ0n) is 10.3. The van der Waals surface area contributed by atoms with Crippen molar-refractivity contribution in [2.75, 3.05) is 6.61 Å². The SMILES string of the molecule is C=C(C)CCC(NN)C1COc2ccccc21. The zero-order chi connectivity index (χ0) is 12.3. The Morgan fingerprint density at radius 3 is 3.06 bits per heavy atom. The van der Waals surface area contributed by atoms with Gasteiger partial charge in [-0.15, -0.1) is 6.58 Å². The summed E-state index contributed by atoms with van der Waals surface area (Å²) >= 11 is 0. The summed E-state index contributed by atoms with van der Waals surface area (Å²) in [5, 5.41) is 0. The van der Waals surface area contributed by atoms with E-state index in [2.05, 4.69) is 18.1 Å². The Balaban J connectivity index is 2.09. The highest BCUT2D eigenvalue weighted by Crippen LogP contribution is 2.36. The molecule has 0 saturated heterocycles. The number of fused-ring (bicyclic) bond motifs is 1. The highest BCUT2D eigenvalue weighted by Gasteiger charge is 2.30. The van der Waals surface area contributed by atoms with Gasteiger partial charge in [0.1, 0.15) is 5.75 Å². The van der Waals surface area contributed by atoms with Gasteiger partial charge in [-0.3, -0.25) is 11.3 Å². The summed E-state index contributed by atoms with van der Waals surface area (Å²) in [5.74, 6) is 7.00. The molecular formula is C14H20N2O. The quantitative estimate of drug-likeness (QED) is 0.465. The topological polar surface area (TPSA) is 47.3 Å². The van der Waals surface area contributed by atoms with Crippen LogP contribution in [0.2, 0.25) is 0 Å². The van der Waals surface area contributed by atoms with Crippen molar-refractivity contribution in [2.24, 2.45) is 5.84 Å². The lowest BCUT2D eigenvalue weighted by molar-refractivity contribution is 0.292. The van der Waals surface area contributed by atoms with E-state index in [0.717, 1.165) is 18.6 Å². The number of nitrogens with one attached hydrogen (secondary N) is 1. The maximum atomic E-state index is 5.68. The molecule has 1 aromatic carbocycles. The minimum absolute atomic E-state index is 0.246. The Bertz CT molecular complexity index is 403. The molecule has 1 heterocycles. The molecule has 92 valence electrons. The van der Waals surface area contributed by atoms with E-state index >= 15 is 0 Å². The first kappa shape index (κ1) is 12.1. The Morgan fingerprint density at radius 1 is 1.59 bits per heavy atom. The number of nitrogens with two attached hydrogens (primary N) is 1. The predicted molar refractivity (Wildman–Crippen MR) is 69.8 cm³/mol. The van der Waals surface area contributed by atoms with Crippen LogP contribution in [-0.4, -0.2) is 12.6 Å². The van der Waals surface area contributed by atoms with Gasteiger partial charge in [0, 0.05) is 17.5 Å². The molecule has 2 atom stereocenters. The molecule has 17 heavy (non-hydrogen) atoms. The number of hydrogen-bond donors (Lipinski definition) is 2. The number of hydrogen-bond acceptors (Lipinski definition) is 3. The van der Waals surface area contributed by atoms with Gasteiger partial charge >= 0.3 is 0 Å². The number of para-hydroxylation sites is 1. The smallest absolute Gasteiger partial charge is 0.122 e. The third kappa shape index (κ3) is 2.68. The fourth-order valence-corrected chi connectivity index (χ4v) is 2.32. The van der Waals surface area contributed by atoms with Crippen LogP contribution in [0, 0.1) is 0 Å². The molecule has 0 saturated carbocycles.